The number of rotatable bonds is 10. The van der Waals surface area contributed by atoms with E-state index in [1.165, 1.54) is 29.2 Å². The molecule has 0 spiro atoms. The summed E-state index contributed by atoms with van der Waals surface area (Å²) in [5.74, 6) is 1.20. The molecule has 1 N–H and O–H groups in total. The fourth-order valence-corrected chi connectivity index (χ4v) is 6.92. The molecule has 0 radical (unpaired) electrons. The molecule has 0 aliphatic carbocycles. The molecular weight excluding hydrogens is 821 g/mol. The number of aromatic carboxylic acids is 1. The lowest BCUT2D eigenvalue weighted by Crippen LogP contribution is -2.49. The van der Waals surface area contributed by atoms with E-state index in [0.717, 1.165) is 53.5 Å². The minimum Gasteiger partial charge on any atom is -0.476 e. The van der Waals surface area contributed by atoms with Gasteiger partial charge in [0, 0.05) is 90.2 Å². The van der Waals surface area contributed by atoms with Gasteiger partial charge in [-0.3, -0.25) is 19.8 Å². The second-order valence-electron chi connectivity index (χ2n) is 16.1. The molecule has 0 unspecified atom stereocenters. The molecule has 8 rings (SSSR count). The number of amides is 2. The molecule has 4 aromatic heterocycles. The van der Waals surface area contributed by atoms with Crippen molar-refractivity contribution in [3.05, 3.63) is 145 Å². The zero-order valence-electron chi connectivity index (χ0n) is 35.9. The smallest absolute Gasteiger partial charge is 0.359 e. The molecule has 2 aliphatic rings. The third-order valence-corrected chi connectivity index (χ3v) is 10.0. The van der Waals surface area contributed by atoms with Crippen LogP contribution in [0.4, 0.5) is 9.59 Å². The standard InChI is InChI=1S/C25H29N5O4.C21H21N5O4/c1-25(2,3)34-23(31)22-9-11-30(27-22)24(32)29-14-12-28(13-15-29)18-19-6-4-7-20(16-19)33-21-8-5-10-26-17-21;27-20(28)19-6-8-26(23-19)21(29)25-11-9-24(10-12-25)15-16-3-1-4-17(13-16)30-18-5-2-7-22-14-18/h4-11,16-17H,12-15,18H2,1-3H3;1-8,13-14H,9-12,15H2,(H,27,28). The second kappa shape index (κ2) is 20.6. The molecule has 2 fully saturated rings. The van der Waals surface area contributed by atoms with Crippen molar-refractivity contribution in [3.8, 4) is 23.0 Å². The van der Waals surface area contributed by atoms with Gasteiger partial charge in [-0.2, -0.15) is 19.6 Å². The van der Waals surface area contributed by atoms with Crippen molar-refractivity contribution >= 4 is 24.0 Å². The summed E-state index contributed by atoms with van der Waals surface area (Å²) in [6.45, 7) is 12.0. The van der Waals surface area contributed by atoms with Crippen LogP contribution in [-0.2, 0) is 17.8 Å². The lowest BCUT2D eigenvalue weighted by Gasteiger charge is -2.34. The van der Waals surface area contributed by atoms with E-state index in [-0.39, 0.29) is 23.5 Å². The molecule has 18 nitrogen and oxygen atoms in total. The van der Waals surface area contributed by atoms with Crippen LogP contribution in [0.25, 0.3) is 0 Å². The van der Waals surface area contributed by atoms with Crippen molar-refractivity contribution in [3.63, 3.8) is 0 Å². The van der Waals surface area contributed by atoms with Crippen molar-refractivity contribution < 1.29 is 38.5 Å². The fourth-order valence-electron chi connectivity index (χ4n) is 6.92. The van der Waals surface area contributed by atoms with Crippen molar-refractivity contribution in [2.45, 2.75) is 39.5 Å². The predicted octanol–water partition coefficient (Wildman–Crippen LogP) is 6.37. The Labute approximate surface area is 370 Å². The molecule has 2 aromatic carbocycles. The van der Waals surface area contributed by atoms with Crippen LogP contribution < -0.4 is 9.47 Å². The number of pyridine rings is 2. The summed E-state index contributed by atoms with van der Waals surface area (Å²) in [7, 11) is 0. The summed E-state index contributed by atoms with van der Waals surface area (Å²) in [4.78, 5) is 64.6. The van der Waals surface area contributed by atoms with E-state index < -0.39 is 17.5 Å². The Morgan fingerprint density at radius 3 is 1.42 bits per heavy atom. The van der Waals surface area contributed by atoms with E-state index >= 15 is 0 Å². The molecule has 332 valence electrons. The first-order valence-corrected chi connectivity index (χ1v) is 20.8. The van der Waals surface area contributed by atoms with E-state index in [0.29, 0.717) is 50.8 Å². The molecule has 0 atom stereocenters. The van der Waals surface area contributed by atoms with Crippen LogP contribution in [0, 0.1) is 0 Å². The van der Waals surface area contributed by atoms with Crippen LogP contribution in [0.5, 0.6) is 23.0 Å². The maximum Gasteiger partial charge on any atom is 0.359 e. The number of benzene rings is 2. The van der Waals surface area contributed by atoms with Gasteiger partial charge in [0.05, 0.1) is 12.4 Å². The number of nitrogens with zero attached hydrogens (tertiary/aromatic N) is 10. The Morgan fingerprint density at radius 1 is 0.578 bits per heavy atom. The topological polar surface area (TPSA) is 191 Å². The highest BCUT2D eigenvalue weighted by molar-refractivity contribution is 5.88. The molecule has 64 heavy (non-hydrogen) atoms. The van der Waals surface area contributed by atoms with Gasteiger partial charge in [0.2, 0.25) is 0 Å². The molecule has 18 heteroatoms. The minimum atomic E-state index is -1.15. The minimum absolute atomic E-state index is 0.121. The van der Waals surface area contributed by atoms with E-state index in [1.54, 1.807) is 55.4 Å². The van der Waals surface area contributed by atoms with Crippen molar-refractivity contribution in [2.75, 3.05) is 52.4 Å². The van der Waals surface area contributed by atoms with Gasteiger partial charge in [0.15, 0.2) is 11.4 Å². The molecule has 2 saturated heterocycles. The van der Waals surface area contributed by atoms with Crippen LogP contribution in [0.15, 0.2) is 122 Å². The Morgan fingerprint density at radius 2 is 1.02 bits per heavy atom. The Balaban J connectivity index is 0.000000193. The van der Waals surface area contributed by atoms with Gasteiger partial charge in [0.1, 0.15) is 28.6 Å². The Hall–Kier alpha value is -7.44. The fraction of sp³-hybridized carbons (Fsp3) is 0.304. The number of carbonyl (C=O) groups excluding carboxylic acids is 3. The van der Waals surface area contributed by atoms with E-state index in [4.69, 9.17) is 19.3 Å². The molecule has 2 amide bonds. The van der Waals surface area contributed by atoms with Gasteiger partial charge in [0.25, 0.3) is 0 Å². The van der Waals surface area contributed by atoms with Gasteiger partial charge >= 0.3 is 24.0 Å². The first kappa shape index (κ1) is 44.6. The number of aromatic nitrogens is 6. The number of carboxylic acid groups (broad SMARTS) is 1. The predicted molar refractivity (Wildman–Crippen MR) is 233 cm³/mol. The van der Waals surface area contributed by atoms with E-state index in [9.17, 15) is 19.2 Å². The zero-order valence-corrected chi connectivity index (χ0v) is 35.9. The normalized spacial score (nSPS) is 14.5. The highest BCUT2D eigenvalue weighted by Gasteiger charge is 2.26. The third kappa shape index (κ3) is 12.6. The van der Waals surface area contributed by atoms with Crippen molar-refractivity contribution in [1.29, 1.82) is 0 Å². The van der Waals surface area contributed by atoms with E-state index in [2.05, 4.69) is 36.0 Å². The Kier molecular flexibility index (Phi) is 14.4. The highest BCUT2D eigenvalue weighted by Crippen LogP contribution is 2.24. The number of hydrogen-bond acceptors (Lipinski definition) is 13. The molecule has 0 bridgehead atoms. The van der Waals surface area contributed by atoms with Crippen molar-refractivity contribution in [2.24, 2.45) is 0 Å². The summed E-state index contributed by atoms with van der Waals surface area (Å²) < 4.78 is 19.3. The molecule has 0 saturated carbocycles. The molecular formula is C46H50N10O8. The van der Waals surface area contributed by atoms with Gasteiger partial charge < -0.3 is 29.1 Å². The second-order valence-corrected chi connectivity index (χ2v) is 16.1. The number of carbonyl (C=O) groups is 4. The number of piperazine rings is 2. The number of hydrogen-bond donors (Lipinski definition) is 1. The molecule has 2 aliphatic heterocycles. The van der Waals surface area contributed by atoms with Gasteiger partial charge in [-0.05, 0) is 92.6 Å². The lowest BCUT2D eigenvalue weighted by atomic mass is 10.2. The maximum atomic E-state index is 12.8. The summed E-state index contributed by atoms with van der Waals surface area (Å²) in [5, 5.41) is 16.9. The monoisotopic (exact) mass is 870 g/mol. The van der Waals surface area contributed by atoms with E-state index in [1.807, 2.05) is 66.7 Å². The highest BCUT2D eigenvalue weighted by atomic mass is 16.6. The summed E-state index contributed by atoms with van der Waals surface area (Å²) in [6.07, 6.45) is 9.64. The average molecular weight is 871 g/mol. The summed E-state index contributed by atoms with van der Waals surface area (Å²) in [6, 6.07) is 25.5. The largest absolute Gasteiger partial charge is 0.476 e. The van der Waals surface area contributed by atoms with Crippen LogP contribution in [0.1, 0.15) is 52.9 Å². The van der Waals surface area contributed by atoms with Crippen LogP contribution in [0.3, 0.4) is 0 Å². The van der Waals surface area contributed by atoms with Crippen LogP contribution >= 0.6 is 0 Å². The third-order valence-electron chi connectivity index (χ3n) is 10.0. The SMILES string of the molecule is CC(C)(C)OC(=O)c1ccn(C(=O)N2CCN(Cc3cccc(Oc4cccnc4)c3)CC2)n1.O=C(O)c1ccn(C(=O)N2CCN(Cc3cccc(Oc4cccnc4)c3)CC2)n1. The average Bonchev–Trinajstić information content (AvgIpc) is 4.00. The molecule has 6 heterocycles. The van der Waals surface area contributed by atoms with Gasteiger partial charge in [-0.15, -0.1) is 0 Å². The number of esters is 1. The first-order chi connectivity index (χ1) is 30.8. The maximum absolute atomic E-state index is 12.8. The zero-order chi connectivity index (χ0) is 45.1. The quantitative estimate of drug-likeness (QED) is 0.150. The molecule has 6 aromatic rings. The number of ether oxygens (including phenoxy) is 3. The van der Waals surface area contributed by atoms with Gasteiger partial charge in [-0.25, -0.2) is 19.2 Å². The first-order valence-electron chi connectivity index (χ1n) is 20.8. The van der Waals surface area contributed by atoms with Crippen LogP contribution in [0.2, 0.25) is 0 Å². The number of carboxylic acids is 1. The summed E-state index contributed by atoms with van der Waals surface area (Å²) >= 11 is 0. The van der Waals surface area contributed by atoms with Gasteiger partial charge in [-0.1, -0.05) is 24.3 Å². The lowest BCUT2D eigenvalue weighted by molar-refractivity contribution is 0.00620. The van der Waals surface area contributed by atoms with Crippen molar-refractivity contribution in [1.82, 2.24) is 49.1 Å². The summed E-state index contributed by atoms with van der Waals surface area (Å²) in [5.41, 5.74) is 1.61. The Bertz CT molecular complexity index is 2510. The van der Waals surface area contributed by atoms with Crippen LogP contribution in [-0.4, -0.2) is 136 Å².